The Balaban J connectivity index is 3.11. The minimum absolute atomic E-state index is 0.0837. The maximum Gasteiger partial charge on any atom is 0.197 e. The average molecular weight is 263 g/mol. The van der Waals surface area contributed by atoms with E-state index in [-0.39, 0.29) is 11.9 Å². The topological polar surface area (TPSA) is 18.5 Å². The van der Waals surface area contributed by atoms with E-state index < -0.39 is 5.82 Å². The molecule has 0 bridgehead atoms. The van der Waals surface area contributed by atoms with E-state index in [9.17, 15) is 4.39 Å². The lowest BCUT2D eigenvalue weighted by molar-refractivity contribution is 0.219. The van der Waals surface area contributed by atoms with E-state index in [1.54, 1.807) is 6.07 Å². The second kappa shape index (κ2) is 4.64. The van der Waals surface area contributed by atoms with Crippen LogP contribution in [0, 0.1) is 5.82 Å². The zero-order valence-corrected chi connectivity index (χ0v) is 9.89. The van der Waals surface area contributed by atoms with Crippen molar-refractivity contribution in [3.05, 3.63) is 22.4 Å². The highest BCUT2D eigenvalue weighted by molar-refractivity contribution is 9.10. The number of hydrogen-bond donors (Lipinski definition) is 0. The van der Waals surface area contributed by atoms with Gasteiger partial charge in [0.2, 0.25) is 0 Å². The molecular weight excluding hydrogens is 251 g/mol. The third-order valence-corrected chi connectivity index (χ3v) is 2.01. The first-order valence-corrected chi connectivity index (χ1v) is 5.03. The van der Waals surface area contributed by atoms with Crippen molar-refractivity contribution < 1.29 is 13.9 Å². The lowest BCUT2D eigenvalue weighted by Crippen LogP contribution is -2.08. The van der Waals surface area contributed by atoms with Crippen LogP contribution in [0.15, 0.2) is 16.6 Å². The van der Waals surface area contributed by atoms with E-state index in [4.69, 9.17) is 9.47 Å². The lowest BCUT2D eigenvalue weighted by Gasteiger charge is -2.14. The van der Waals surface area contributed by atoms with Gasteiger partial charge in [-0.25, -0.2) is 4.39 Å². The molecule has 78 valence electrons. The Hall–Kier alpha value is -0.770. The highest BCUT2D eigenvalue weighted by Gasteiger charge is 2.13. The second-order valence-electron chi connectivity index (χ2n) is 3.09. The van der Waals surface area contributed by atoms with Crippen LogP contribution in [0.1, 0.15) is 13.8 Å². The molecule has 0 radical (unpaired) electrons. The molecule has 4 heteroatoms. The van der Waals surface area contributed by atoms with Crippen LogP contribution in [0.3, 0.4) is 0 Å². The monoisotopic (exact) mass is 262 g/mol. The molecule has 1 aromatic carbocycles. The number of methoxy groups -OCH3 is 1. The molecular formula is C10H12BrFO2. The molecule has 0 atom stereocenters. The van der Waals surface area contributed by atoms with Crippen molar-refractivity contribution >= 4 is 15.9 Å². The fraction of sp³-hybridized carbons (Fsp3) is 0.400. The number of benzene rings is 1. The molecule has 14 heavy (non-hydrogen) atoms. The molecule has 0 fully saturated rings. The third-order valence-electron chi connectivity index (χ3n) is 1.55. The van der Waals surface area contributed by atoms with Crippen molar-refractivity contribution in [3.63, 3.8) is 0 Å². The van der Waals surface area contributed by atoms with E-state index in [0.29, 0.717) is 10.2 Å². The van der Waals surface area contributed by atoms with Gasteiger partial charge in [0.05, 0.1) is 13.2 Å². The quantitative estimate of drug-likeness (QED) is 0.832. The molecule has 0 spiro atoms. The molecule has 0 aliphatic heterocycles. The van der Waals surface area contributed by atoms with Gasteiger partial charge in [-0.15, -0.1) is 0 Å². The molecule has 0 N–H and O–H groups in total. The average Bonchev–Trinajstić information content (AvgIpc) is 2.08. The largest absolute Gasteiger partial charge is 0.493 e. The zero-order valence-electron chi connectivity index (χ0n) is 8.30. The molecule has 0 aliphatic carbocycles. The predicted molar refractivity (Wildman–Crippen MR) is 56.4 cm³/mol. The van der Waals surface area contributed by atoms with Gasteiger partial charge in [0, 0.05) is 4.47 Å². The SMILES string of the molecule is COc1cc(Br)cc(F)c1OC(C)C. The fourth-order valence-corrected chi connectivity index (χ4v) is 1.45. The smallest absolute Gasteiger partial charge is 0.197 e. The van der Waals surface area contributed by atoms with Crippen molar-refractivity contribution in [1.29, 1.82) is 0 Å². The standard InChI is InChI=1S/C10H12BrFO2/c1-6(2)14-10-8(12)4-7(11)5-9(10)13-3/h4-6H,1-3H3. The van der Waals surface area contributed by atoms with Crippen LogP contribution in [0.5, 0.6) is 11.5 Å². The van der Waals surface area contributed by atoms with Gasteiger partial charge in [0.25, 0.3) is 0 Å². The summed E-state index contributed by atoms with van der Waals surface area (Å²) >= 11 is 3.18. The molecule has 0 unspecified atom stereocenters. The Morgan fingerprint density at radius 2 is 2.00 bits per heavy atom. The predicted octanol–water partition coefficient (Wildman–Crippen LogP) is 3.38. The maximum atomic E-state index is 13.4. The normalized spacial score (nSPS) is 10.4. The van der Waals surface area contributed by atoms with Gasteiger partial charge in [-0.05, 0) is 26.0 Å². The summed E-state index contributed by atoms with van der Waals surface area (Å²) in [6.07, 6.45) is -0.0837. The molecule has 0 saturated heterocycles. The maximum absolute atomic E-state index is 13.4. The Morgan fingerprint density at radius 1 is 1.36 bits per heavy atom. The molecule has 2 nitrogen and oxygen atoms in total. The van der Waals surface area contributed by atoms with E-state index >= 15 is 0 Å². The summed E-state index contributed by atoms with van der Waals surface area (Å²) in [5, 5.41) is 0. The van der Waals surface area contributed by atoms with Crippen LogP contribution in [0.4, 0.5) is 4.39 Å². The van der Waals surface area contributed by atoms with Crippen molar-refractivity contribution in [2.24, 2.45) is 0 Å². The lowest BCUT2D eigenvalue weighted by atomic mass is 10.3. The van der Waals surface area contributed by atoms with Gasteiger partial charge in [0.15, 0.2) is 17.3 Å². The third kappa shape index (κ3) is 2.61. The molecule has 1 rings (SSSR count). The van der Waals surface area contributed by atoms with E-state index in [0.717, 1.165) is 0 Å². The van der Waals surface area contributed by atoms with Gasteiger partial charge in [-0.2, -0.15) is 0 Å². The van der Waals surface area contributed by atoms with Crippen LogP contribution < -0.4 is 9.47 Å². The van der Waals surface area contributed by atoms with E-state index in [2.05, 4.69) is 15.9 Å². The van der Waals surface area contributed by atoms with Gasteiger partial charge >= 0.3 is 0 Å². The molecule has 0 aliphatic rings. The van der Waals surface area contributed by atoms with E-state index in [1.807, 2.05) is 13.8 Å². The van der Waals surface area contributed by atoms with Gasteiger partial charge < -0.3 is 9.47 Å². The molecule has 1 aromatic rings. The first-order chi connectivity index (χ1) is 6.54. The second-order valence-corrected chi connectivity index (χ2v) is 4.00. The number of halogens is 2. The zero-order chi connectivity index (χ0) is 10.7. The van der Waals surface area contributed by atoms with Crippen LogP contribution in [-0.4, -0.2) is 13.2 Å². The summed E-state index contributed by atoms with van der Waals surface area (Å²) < 4.78 is 24.4. The fourth-order valence-electron chi connectivity index (χ4n) is 1.04. The number of ether oxygens (including phenoxy) is 2. The Bertz CT molecular complexity index is 326. The number of rotatable bonds is 3. The summed E-state index contributed by atoms with van der Waals surface area (Å²) in [7, 11) is 1.48. The summed E-state index contributed by atoms with van der Waals surface area (Å²) in [4.78, 5) is 0. The minimum atomic E-state index is -0.426. The number of hydrogen-bond acceptors (Lipinski definition) is 2. The van der Waals surface area contributed by atoms with Crippen LogP contribution in [-0.2, 0) is 0 Å². The van der Waals surface area contributed by atoms with Crippen molar-refractivity contribution in [2.45, 2.75) is 20.0 Å². The van der Waals surface area contributed by atoms with Crippen molar-refractivity contribution in [2.75, 3.05) is 7.11 Å². The minimum Gasteiger partial charge on any atom is -0.493 e. The highest BCUT2D eigenvalue weighted by atomic mass is 79.9. The molecule has 0 saturated carbocycles. The summed E-state index contributed by atoms with van der Waals surface area (Å²) in [5.41, 5.74) is 0. The summed E-state index contributed by atoms with van der Waals surface area (Å²) in [6.45, 7) is 3.67. The Kier molecular flexibility index (Phi) is 3.75. The van der Waals surface area contributed by atoms with Gasteiger partial charge in [-0.3, -0.25) is 0 Å². The molecule has 0 heterocycles. The molecule has 0 amide bonds. The van der Waals surface area contributed by atoms with E-state index in [1.165, 1.54) is 13.2 Å². The summed E-state index contributed by atoms with van der Waals surface area (Å²) in [5.74, 6) is 0.126. The van der Waals surface area contributed by atoms with Crippen molar-refractivity contribution in [1.82, 2.24) is 0 Å². The Labute approximate surface area is 91.2 Å². The van der Waals surface area contributed by atoms with Crippen LogP contribution >= 0.6 is 15.9 Å². The van der Waals surface area contributed by atoms with Gasteiger partial charge in [-0.1, -0.05) is 15.9 Å². The van der Waals surface area contributed by atoms with Gasteiger partial charge in [0.1, 0.15) is 0 Å². The first kappa shape index (κ1) is 11.3. The Morgan fingerprint density at radius 3 is 2.50 bits per heavy atom. The van der Waals surface area contributed by atoms with Crippen molar-refractivity contribution in [3.8, 4) is 11.5 Å². The summed E-state index contributed by atoms with van der Waals surface area (Å²) in [6, 6.07) is 3.01. The molecule has 0 aromatic heterocycles. The highest BCUT2D eigenvalue weighted by Crippen LogP contribution is 2.34. The van der Waals surface area contributed by atoms with Crippen LogP contribution in [0.25, 0.3) is 0 Å². The first-order valence-electron chi connectivity index (χ1n) is 4.24. The van der Waals surface area contributed by atoms with Crippen LogP contribution in [0.2, 0.25) is 0 Å².